The van der Waals surface area contributed by atoms with E-state index in [9.17, 15) is 0 Å². The number of benzene rings is 1. The number of quaternary nitrogens is 1. The van der Waals surface area contributed by atoms with Crippen molar-refractivity contribution in [3.8, 4) is 0 Å². The van der Waals surface area contributed by atoms with E-state index in [0.29, 0.717) is 6.04 Å². The van der Waals surface area contributed by atoms with Gasteiger partial charge in [-0.15, -0.1) is 0 Å². The lowest BCUT2D eigenvalue weighted by Crippen LogP contribution is -2.51. The van der Waals surface area contributed by atoms with Crippen molar-refractivity contribution in [1.29, 1.82) is 0 Å². The van der Waals surface area contributed by atoms with Crippen LogP contribution in [-0.2, 0) is 0 Å². The summed E-state index contributed by atoms with van der Waals surface area (Å²) in [6.45, 7) is 3.21. The molecule has 0 spiro atoms. The average molecular weight is 250 g/mol. The van der Waals surface area contributed by atoms with E-state index in [1.807, 2.05) is 12.1 Å². The Balaban J connectivity index is 2.02. The molecule has 0 aromatic heterocycles. The maximum atomic E-state index is 9.13. The van der Waals surface area contributed by atoms with Crippen LogP contribution in [0.1, 0.15) is 6.42 Å². The monoisotopic (exact) mass is 250 g/mol. The van der Waals surface area contributed by atoms with Crippen LogP contribution in [0.4, 0.5) is 11.4 Å². The minimum atomic E-state index is 0.255. The summed E-state index contributed by atoms with van der Waals surface area (Å²) in [5.74, 6) is 0. The van der Waals surface area contributed by atoms with Gasteiger partial charge < -0.3 is 20.2 Å². The van der Waals surface area contributed by atoms with Crippen molar-refractivity contribution in [3.63, 3.8) is 0 Å². The van der Waals surface area contributed by atoms with E-state index in [-0.39, 0.29) is 6.61 Å². The molecule has 1 aromatic carbocycles. The van der Waals surface area contributed by atoms with Crippen LogP contribution in [0.25, 0.3) is 0 Å². The Kier molecular flexibility index (Phi) is 3.78. The van der Waals surface area contributed by atoms with Gasteiger partial charge in [-0.05, 0) is 24.3 Å². The SMILES string of the molecule is C[N+](C)(CCO)C1CCN(c2ccc(N)cc2)C1. The van der Waals surface area contributed by atoms with Gasteiger partial charge in [-0.3, -0.25) is 0 Å². The Morgan fingerprint density at radius 2 is 2.00 bits per heavy atom. The lowest BCUT2D eigenvalue weighted by Gasteiger charge is -2.35. The van der Waals surface area contributed by atoms with E-state index in [2.05, 4.69) is 31.1 Å². The molecule has 1 saturated heterocycles. The van der Waals surface area contributed by atoms with Gasteiger partial charge in [0.25, 0.3) is 0 Å². The fraction of sp³-hybridized carbons (Fsp3) is 0.571. The van der Waals surface area contributed by atoms with E-state index in [4.69, 9.17) is 10.8 Å². The molecular weight excluding hydrogens is 226 g/mol. The van der Waals surface area contributed by atoms with Crippen LogP contribution in [0.15, 0.2) is 24.3 Å². The Hall–Kier alpha value is -1.26. The molecule has 0 aliphatic carbocycles. The molecule has 1 aliphatic heterocycles. The minimum absolute atomic E-state index is 0.255. The summed E-state index contributed by atoms with van der Waals surface area (Å²) in [6, 6.07) is 8.68. The molecule has 1 atom stereocenters. The average Bonchev–Trinajstić information content (AvgIpc) is 2.80. The number of hydrogen-bond acceptors (Lipinski definition) is 3. The Labute approximate surface area is 109 Å². The van der Waals surface area contributed by atoms with Gasteiger partial charge in [0.15, 0.2) is 0 Å². The van der Waals surface area contributed by atoms with E-state index in [0.717, 1.165) is 29.8 Å². The summed E-state index contributed by atoms with van der Waals surface area (Å²) in [5.41, 5.74) is 7.77. The van der Waals surface area contributed by atoms with Crippen molar-refractivity contribution in [1.82, 2.24) is 0 Å². The second kappa shape index (κ2) is 5.16. The third-order valence-corrected chi connectivity index (χ3v) is 4.09. The van der Waals surface area contributed by atoms with Crippen molar-refractivity contribution in [3.05, 3.63) is 24.3 Å². The van der Waals surface area contributed by atoms with E-state index in [1.165, 1.54) is 12.1 Å². The Morgan fingerprint density at radius 1 is 1.33 bits per heavy atom. The van der Waals surface area contributed by atoms with E-state index >= 15 is 0 Å². The van der Waals surface area contributed by atoms with Gasteiger partial charge in [0.05, 0.1) is 27.2 Å². The zero-order valence-corrected chi connectivity index (χ0v) is 11.3. The predicted molar refractivity (Wildman–Crippen MR) is 75.5 cm³/mol. The molecule has 3 N–H and O–H groups in total. The fourth-order valence-corrected chi connectivity index (χ4v) is 2.67. The molecule has 1 fully saturated rings. The van der Waals surface area contributed by atoms with Crippen LogP contribution in [0.2, 0.25) is 0 Å². The van der Waals surface area contributed by atoms with Crippen LogP contribution >= 0.6 is 0 Å². The maximum Gasteiger partial charge on any atom is 0.108 e. The highest BCUT2D eigenvalue weighted by molar-refractivity contribution is 5.53. The molecule has 0 amide bonds. The second-order valence-electron chi connectivity index (χ2n) is 5.71. The molecule has 2 rings (SSSR count). The number of aliphatic hydroxyl groups is 1. The number of anilines is 2. The van der Waals surface area contributed by atoms with Crippen molar-refractivity contribution in [2.75, 3.05) is 51.0 Å². The smallest absolute Gasteiger partial charge is 0.108 e. The number of rotatable bonds is 4. The zero-order chi connectivity index (χ0) is 13.2. The van der Waals surface area contributed by atoms with E-state index < -0.39 is 0 Å². The summed E-state index contributed by atoms with van der Waals surface area (Å²) in [5, 5.41) is 9.13. The van der Waals surface area contributed by atoms with Gasteiger partial charge in [0.2, 0.25) is 0 Å². The maximum absolute atomic E-state index is 9.13. The summed E-state index contributed by atoms with van der Waals surface area (Å²) >= 11 is 0. The van der Waals surface area contributed by atoms with Crippen LogP contribution in [0.5, 0.6) is 0 Å². The first-order valence-electron chi connectivity index (χ1n) is 6.57. The largest absolute Gasteiger partial charge is 0.399 e. The number of aliphatic hydroxyl groups excluding tert-OH is 1. The fourth-order valence-electron chi connectivity index (χ4n) is 2.67. The molecule has 18 heavy (non-hydrogen) atoms. The number of nitrogens with zero attached hydrogens (tertiary/aromatic N) is 2. The van der Waals surface area contributed by atoms with Gasteiger partial charge in [0.1, 0.15) is 12.6 Å². The third-order valence-electron chi connectivity index (χ3n) is 4.09. The van der Waals surface area contributed by atoms with Gasteiger partial charge in [-0.1, -0.05) is 0 Å². The molecule has 1 heterocycles. The second-order valence-corrected chi connectivity index (χ2v) is 5.71. The lowest BCUT2D eigenvalue weighted by atomic mass is 10.2. The molecule has 1 aromatic rings. The molecule has 1 aliphatic rings. The Bertz CT molecular complexity index is 389. The van der Waals surface area contributed by atoms with Crippen LogP contribution in [0, 0.1) is 0 Å². The van der Waals surface area contributed by atoms with Crippen molar-refractivity contribution >= 4 is 11.4 Å². The quantitative estimate of drug-likeness (QED) is 0.617. The number of nitrogens with two attached hydrogens (primary N) is 1. The number of nitrogen functional groups attached to an aromatic ring is 1. The highest BCUT2D eigenvalue weighted by atomic mass is 16.3. The summed E-state index contributed by atoms with van der Waals surface area (Å²) in [4.78, 5) is 2.40. The van der Waals surface area contributed by atoms with Crippen LogP contribution < -0.4 is 10.6 Å². The van der Waals surface area contributed by atoms with Crippen LogP contribution in [-0.4, -0.2) is 56.0 Å². The van der Waals surface area contributed by atoms with Crippen molar-refractivity contribution in [2.24, 2.45) is 0 Å². The number of hydrogen-bond donors (Lipinski definition) is 2. The van der Waals surface area contributed by atoms with Crippen LogP contribution in [0.3, 0.4) is 0 Å². The minimum Gasteiger partial charge on any atom is -0.399 e. The first-order chi connectivity index (χ1) is 8.53. The summed E-state index contributed by atoms with van der Waals surface area (Å²) in [7, 11) is 4.40. The zero-order valence-electron chi connectivity index (χ0n) is 11.3. The normalized spacial score (nSPS) is 20.4. The number of likely N-dealkylation sites (N-methyl/N-ethyl adjacent to an activating group) is 1. The summed E-state index contributed by atoms with van der Waals surface area (Å²) < 4.78 is 0.891. The first-order valence-corrected chi connectivity index (χ1v) is 6.57. The van der Waals surface area contributed by atoms with Crippen molar-refractivity contribution < 1.29 is 9.59 Å². The van der Waals surface area contributed by atoms with Gasteiger partial charge >= 0.3 is 0 Å². The molecular formula is C14H24N3O+. The molecule has 100 valence electrons. The van der Waals surface area contributed by atoms with Crippen molar-refractivity contribution in [2.45, 2.75) is 12.5 Å². The topological polar surface area (TPSA) is 49.5 Å². The highest BCUT2D eigenvalue weighted by Crippen LogP contribution is 2.25. The summed E-state index contributed by atoms with van der Waals surface area (Å²) in [6.07, 6.45) is 1.18. The molecule has 0 saturated carbocycles. The molecule has 4 heteroatoms. The van der Waals surface area contributed by atoms with Gasteiger partial charge in [-0.25, -0.2) is 0 Å². The van der Waals surface area contributed by atoms with E-state index in [1.54, 1.807) is 0 Å². The van der Waals surface area contributed by atoms with Gasteiger partial charge in [-0.2, -0.15) is 0 Å². The highest BCUT2D eigenvalue weighted by Gasteiger charge is 2.34. The standard InChI is InChI=1S/C14H24N3O/c1-17(2,9-10-18)14-7-8-16(11-14)13-5-3-12(15)4-6-13/h3-6,14,18H,7-11,15H2,1-2H3/q+1. The lowest BCUT2D eigenvalue weighted by molar-refractivity contribution is -0.912. The molecule has 0 radical (unpaired) electrons. The molecule has 0 bridgehead atoms. The first kappa shape index (κ1) is 13.2. The predicted octanol–water partition coefficient (Wildman–Crippen LogP) is 0.916. The molecule has 4 nitrogen and oxygen atoms in total. The third kappa shape index (κ3) is 2.76. The van der Waals surface area contributed by atoms with Gasteiger partial charge in [0, 0.05) is 24.3 Å². The Morgan fingerprint density at radius 3 is 2.61 bits per heavy atom. The molecule has 1 unspecified atom stereocenters.